The lowest BCUT2D eigenvalue weighted by Crippen LogP contribution is -2.01. The van der Waals surface area contributed by atoms with Gasteiger partial charge in [-0.3, -0.25) is 0 Å². The van der Waals surface area contributed by atoms with Gasteiger partial charge in [-0.2, -0.15) is 5.26 Å². The first-order valence-electron chi connectivity index (χ1n) is 5.46. The molecule has 4 nitrogen and oxygen atoms in total. The number of aromatic nitrogens is 1. The number of rotatable bonds is 4. The van der Waals surface area contributed by atoms with E-state index in [1.807, 2.05) is 18.4 Å². The van der Waals surface area contributed by atoms with Crippen molar-refractivity contribution in [3.05, 3.63) is 39.8 Å². The number of methoxy groups -OCH3 is 1. The molecule has 0 unspecified atom stereocenters. The number of thiazole rings is 1. The van der Waals surface area contributed by atoms with Gasteiger partial charge in [-0.15, -0.1) is 11.3 Å². The van der Waals surface area contributed by atoms with Gasteiger partial charge in [0, 0.05) is 17.1 Å². The van der Waals surface area contributed by atoms with E-state index in [2.05, 4.69) is 16.4 Å². The Morgan fingerprint density at radius 3 is 2.94 bits per heavy atom. The zero-order valence-corrected chi connectivity index (χ0v) is 11.0. The minimum Gasteiger partial charge on any atom is -0.495 e. The standard InChI is InChI=1S/C13H13N3OS/c1-9-8-18-13(16-9)7-15-11-4-3-10(6-14)5-12(11)17-2/h3-5,8,15H,7H2,1-2H3. The van der Waals surface area contributed by atoms with Crippen LogP contribution in [0.1, 0.15) is 16.3 Å². The summed E-state index contributed by atoms with van der Waals surface area (Å²) in [4.78, 5) is 4.38. The van der Waals surface area contributed by atoms with Gasteiger partial charge in [0.1, 0.15) is 10.8 Å². The summed E-state index contributed by atoms with van der Waals surface area (Å²) < 4.78 is 5.25. The Morgan fingerprint density at radius 2 is 2.33 bits per heavy atom. The number of hydrogen-bond donors (Lipinski definition) is 1. The Morgan fingerprint density at radius 1 is 1.50 bits per heavy atom. The molecule has 0 atom stereocenters. The molecule has 0 amide bonds. The zero-order valence-electron chi connectivity index (χ0n) is 10.2. The molecule has 2 rings (SSSR count). The maximum absolute atomic E-state index is 8.82. The van der Waals surface area contributed by atoms with Crippen LogP contribution in [0.3, 0.4) is 0 Å². The van der Waals surface area contributed by atoms with E-state index in [1.54, 1.807) is 30.6 Å². The number of hydrogen-bond acceptors (Lipinski definition) is 5. The molecule has 0 aliphatic carbocycles. The third-order valence-electron chi connectivity index (χ3n) is 2.43. The quantitative estimate of drug-likeness (QED) is 0.917. The highest BCUT2D eigenvalue weighted by atomic mass is 32.1. The van der Waals surface area contributed by atoms with Crippen LogP contribution in [0.2, 0.25) is 0 Å². The van der Waals surface area contributed by atoms with Crippen molar-refractivity contribution in [1.29, 1.82) is 5.26 Å². The number of ether oxygens (including phenoxy) is 1. The van der Waals surface area contributed by atoms with Crippen LogP contribution in [0.25, 0.3) is 0 Å². The van der Waals surface area contributed by atoms with E-state index < -0.39 is 0 Å². The summed E-state index contributed by atoms with van der Waals surface area (Å²) in [6, 6.07) is 7.41. The van der Waals surface area contributed by atoms with Gasteiger partial charge in [-0.1, -0.05) is 0 Å². The number of nitrogens with one attached hydrogen (secondary N) is 1. The van der Waals surface area contributed by atoms with Crippen molar-refractivity contribution in [2.75, 3.05) is 12.4 Å². The SMILES string of the molecule is COc1cc(C#N)ccc1NCc1nc(C)cs1. The first-order valence-corrected chi connectivity index (χ1v) is 6.34. The summed E-state index contributed by atoms with van der Waals surface area (Å²) in [5.41, 5.74) is 2.48. The molecule has 1 aromatic carbocycles. The number of benzene rings is 1. The minimum absolute atomic E-state index is 0.586. The second-order valence-electron chi connectivity index (χ2n) is 3.76. The van der Waals surface area contributed by atoms with Gasteiger partial charge < -0.3 is 10.1 Å². The Kier molecular flexibility index (Phi) is 3.80. The summed E-state index contributed by atoms with van der Waals surface area (Å²) >= 11 is 1.62. The minimum atomic E-state index is 0.586. The van der Waals surface area contributed by atoms with E-state index in [1.165, 1.54) is 0 Å². The van der Waals surface area contributed by atoms with E-state index in [4.69, 9.17) is 10.00 Å². The lowest BCUT2D eigenvalue weighted by atomic mass is 10.2. The molecule has 0 fully saturated rings. The predicted molar refractivity (Wildman–Crippen MR) is 71.9 cm³/mol. The highest BCUT2D eigenvalue weighted by Crippen LogP contribution is 2.26. The molecular formula is C13H13N3OS. The van der Waals surface area contributed by atoms with Crippen molar-refractivity contribution in [2.24, 2.45) is 0 Å². The van der Waals surface area contributed by atoms with Crippen molar-refractivity contribution in [3.8, 4) is 11.8 Å². The molecule has 0 aliphatic rings. The van der Waals surface area contributed by atoms with E-state index in [0.29, 0.717) is 17.9 Å². The van der Waals surface area contributed by atoms with E-state index in [9.17, 15) is 0 Å². The third-order valence-corrected chi connectivity index (χ3v) is 3.39. The van der Waals surface area contributed by atoms with Crippen LogP contribution in [0.5, 0.6) is 5.75 Å². The first-order chi connectivity index (χ1) is 8.72. The fourth-order valence-electron chi connectivity index (χ4n) is 1.56. The molecule has 0 saturated heterocycles. The van der Waals surface area contributed by atoms with Crippen LogP contribution in [-0.2, 0) is 6.54 Å². The van der Waals surface area contributed by atoms with E-state index in [0.717, 1.165) is 16.4 Å². The van der Waals surface area contributed by atoms with Gasteiger partial charge in [0.2, 0.25) is 0 Å². The van der Waals surface area contributed by atoms with Gasteiger partial charge in [-0.25, -0.2) is 4.98 Å². The van der Waals surface area contributed by atoms with Gasteiger partial charge in [0.25, 0.3) is 0 Å². The van der Waals surface area contributed by atoms with Gasteiger partial charge >= 0.3 is 0 Å². The summed E-state index contributed by atoms with van der Waals surface area (Å²) in [5, 5.41) is 15.1. The Hall–Kier alpha value is -2.06. The fraction of sp³-hybridized carbons (Fsp3) is 0.231. The Balaban J connectivity index is 2.12. The molecule has 5 heteroatoms. The Bertz CT molecular complexity index is 586. The second kappa shape index (κ2) is 5.52. The molecule has 2 aromatic rings. The molecule has 0 spiro atoms. The molecule has 92 valence electrons. The van der Waals surface area contributed by atoms with Crippen molar-refractivity contribution in [2.45, 2.75) is 13.5 Å². The smallest absolute Gasteiger partial charge is 0.143 e. The molecule has 0 radical (unpaired) electrons. The third kappa shape index (κ3) is 2.79. The lowest BCUT2D eigenvalue weighted by Gasteiger charge is -2.10. The molecule has 18 heavy (non-hydrogen) atoms. The zero-order chi connectivity index (χ0) is 13.0. The van der Waals surface area contributed by atoms with Gasteiger partial charge in [0.05, 0.1) is 31.0 Å². The van der Waals surface area contributed by atoms with Crippen molar-refractivity contribution >= 4 is 17.0 Å². The van der Waals surface area contributed by atoms with Crippen LogP contribution in [0.4, 0.5) is 5.69 Å². The van der Waals surface area contributed by atoms with Gasteiger partial charge in [-0.05, 0) is 19.1 Å². The maximum Gasteiger partial charge on any atom is 0.143 e. The lowest BCUT2D eigenvalue weighted by molar-refractivity contribution is 0.416. The molecule has 0 bridgehead atoms. The van der Waals surface area contributed by atoms with Crippen molar-refractivity contribution in [3.63, 3.8) is 0 Å². The number of aryl methyl sites for hydroxylation is 1. The van der Waals surface area contributed by atoms with Crippen LogP contribution < -0.4 is 10.1 Å². The normalized spacial score (nSPS) is 9.83. The fourth-order valence-corrected chi connectivity index (χ4v) is 2.27. The van der Waals surface area contributed by atoms with Crippen molar-refractivity contribution < 1.29 is 4.74 Å². The van der Waals surface area contributed by atoms with Crippen LogP contribution in [0, 0.1) is 18.3 Å². The van der Waals surface area contributed by atoms with Crippen LogP contribution in [0.15, 0.2) is 23.6 Å². The molecule has 0 aliphatic heterocycles. The van der Waals surface area contributed by atoms with Crippen LogP contribution in [-0.4, -0.2) is 12.1 Å². The monoisotopic (exact) mass is 259 g/mol. The highest BCUT2D eigenvalue weighted by molar-refractivity contribution is 7.09. The second-order valence-corrected chi connectivity index (χ2v) is 4.71. The molecule has 0 saturated carbocycles. The van der Waals surface area contributed by atoms with E-state index >= 15 is 0 Å². The number of nitrogens with zero attached hydrogens (tertiary/aromatic N) is 2. The number of nitriles is 1. The summed E-state index contributed by atoms with van der Waals surface area (Å²) in [6.45, 7) is 2.63. The van der Waals surface area contributed by atoms with Crippen LogP contribution >= 0.6 is 11.3 Å². The highest BCUT2D eigenvalue weighted by Gasteiger charge is 2.05. The van der Waals surface area contributed by atoms with Crippen molar-refractivity contribution in [1.82, 2.24) is 4.98 Å². The maximum atomic E-state index is 8.82. The molecular weight excluding hydrogens is 246 g/mol. The Labute approximate surface area is 110 Å². The van der Waals surface area contributed by atoms with Gasteiger partial charge in [0.15, 0.2) is 0 Å². The average molecular weight is 259 g/mol. The number of anilines is 1. The largest absolute Gasteiger partial charge is 0.495 e. The first kappa shape index (κ1) is 12.4. The summed E-state index contributed by atoms with van der Waals surface area (Å²) in [7, 11) is 1.59. The molecule has 1 N–H and O–H groups in total. The summed E-state index contributed by atoms with van der Waals surface area (Å²) in [6.07, 6.45) is 0. The average Bonchev–Trinajstić information content (AvgIpc) is 2.82. The molecule has 1 heterocycles. The van der Waals surface area contributed by atoms with E-state index in [-0.39, 0.29) is 0 Å². The summed E-state index contributed by atoms with van der Waals surface area (Å²) in [5.74, 6) is 0.669. The predicted octanol–water partition coefficient (Wildman–Crippen LogP) is 2.94. The molecule has 1 aromatic heterocycles. The topological polar surface area (TPSA) is 57.9 Å².